The van der Waals surface area contributed by atoms with Crippen molar-refractivity contribution in [2.24, 2.45) is 5.92 Å². The van der Waals surface area contributed by atoms with Crippen LogP contribution in [0.1, 0.15) is 46.5 Å². The first-order chi connectivity index (χ1) is 9.36. The van der Waals surface area contributed by atoms with E-state index in [1.165, 1.54) is 0 Å². The first kappa shape index (κ1) is 16.5. The summed E-state index contributed by atoms with van der Waals surface area (Å²) in [7, 11) is 0. The maximum Gasteiger partial charge on any atom is 0.326 e. The molecule has 6 heteroatoms. The molecule has 0 aromatic heterocycles. The van der Waals surface area contributed by atoms with E-state index < -0.39 is 17.9 Å². The lowest BCUT2D eigenvalue weighted by Gasteiger charge is -2.21. The average Bonchev–Trinajstić information content (AvgIpc) is 2.76. The number of carbonyl (C=O) groups excluding carboxylic acids is 2. The maximum absolute atomic E-state index is 12.1. The molecule has 0 radical (unpaired) electrons. The summed E-state index contributed by atoms with van der Waals surface area (Å²) in [6.07, 6.45) is 2.22. The molecule has 1 saturated heterocycles. The molecule has 0 aromatic rings. The molecule has 2 atom stereocenters. The highest BCUT2D eigenvalue weighted by molar-refractivity contribution is 5.91. The Morgan fingerprint density at radius 3 is 2.55 bits per heavy atom. The third kappa shape index (κ3) is 4.21. The normalized spacial score (nSPS) is 20.3. The van der Waals surface area contributed by atoms with Crippen LogP contribution in [0.25, 0.3) is 0 Å². The van der Waals surface area contributed by atoms with E-state index >= 15 is 0 Å². The molecular formula is C14H24N2O4. The number of nitrogens with one attached hydrogen (secondary N) is 1. The lowest BCUT2D eigenvalue weighted by Crippen LogP contribution is -2.44. The van der Waals surface area contributed by atoms with Gasteiger partial charge in [0.05, 0.1) is 5.92 Å². The van der Waals surface area contributed by atoms with E-state index in [1.807, 2.05) is 20.8 Å². The predicted molar refractivity (Wildman–Crippen MR) is 74.0 cm³/mol. The maximum atomic E-state index is 12.1. The summed E-state index contributed by atoms with van der Waals surface area (Å²) < 4.78 is 0. The number of likely N-dealkylation sites (tertiary alicyclic amines) is 1. The molecule has 1 aliphatic heterocycles. The summed E-state index contributed by atoms with van der Waals surface area (Å²) in [4.78, 5) is 36.6. The Morgan fingerprint density at radius 1 is 1.45 bits per heavy atom. The summed E-state index contributed by atoms with van der Waals surface area (Å²) in [5, 5.41) is 11.6. The van der Waals surface area contributed by atoms with Crippen molar-refractivity contribution in [3.63, 3.8) is 0 Å². The van der Waals surface area contributed by atoms with Gasteiger partial charge in [-0.2, -0.15) is 0 Å². The predicted octanol–water partition coefficient (Wildman–Crippen LogP) is 1.00. The van der Waals surface area contributed by atoms with E-state index in [4.69, 9.17) is 5.11 Å². The fraction of sp³-hybridized carbons (Fsp3) is 0.786. The minimum Gasteiger partial charge on any atom is -0.480 e. The molecule has 20 heavy (non-hydrogen) atoms. The van der Waals surface area contributed by atoms with E-state index in [1.54, 1.807) is 4.90 Å². The summed E-state index contributed by atoms with van der Waals surface area (Å²) in [6.45, 7) is 6.15. The molecule has 0 spiro atoms. The molecule has 2 amide bonds. The zero-order chi connectivity index (χ0) is 15.3. The molecule has 1 aliphatic rings. The molecule has 1 rings (SSSR count). The summed E-state index contributed by atoms with van der Waals surface area (Å²) in [6, 6.07) is -0.790. The fourth-order valence-electron chi connectivity index (χ4n) is 2.36. The molecule has 1 heterocycles. The Kier molecular flexibility index (Phi) is 5.98. The Balaban J connectivity index is 2.57. The summed E-state index contributed by atoms with van der Waals surface area (Å²) in [5.74, 6) is -1.82. The Labute approximate surface area is 119 Å². The largest absolute Gasteiger partial charge is 0.480 e. The van der Waals surface area contributed by atoms with E-state index in [-0.39, 0.29) is 24.3 Å². The minimum atomic E-state index is -1.02. The van der Waals surface area contributed by atoms with Crippen LogP contribution in [0.15, 0.2) is 0 Å². The van der Waals surface area contributed by atoms with Crippen molar-refractivity contribution in [3.8, 4) is 0 Å². The van der Waals surface area contributed by atoms with Crippen LogP contribution in [0.3, 0.4) is 0 Å². The second kappa shape index (κ2) is 7.26. The van der Waals surface area contributed by atoms with Crippen molar-refractivity contribution in [1.82, 2.24) is 10.2 Å². The van der Waals surface area contributed by atoms with Crippen LogP contribution >= 0.6 is 0 Å². The number of unbranched alkanes of at least 4 members (excludes halogenated alkanes) is 1. The Bertz CT molecular complexity index is 381. The number of hydrogen-bond donors (Lipinski definition) is 2. The number of hydrogen-bond acceptors (Lipinski definition) is 3. The molecule has 6 nitrogen and oxygen atoms in total. The van der Waals surface area contributed by atoms with Gasteiger partial charge in [-0.05, 0) is 20.3 Å². The quantitative estimate of drug-likeness (QED) is 0.730. The highest BCUT2D eigenvalue weighted by atomic mass is 16.4. The van der Waals surface area contributed by atoms with Gasteiger partial charge in [-0.3, -0.25) is 9.59 Å². The molecule has 0 saturated carbocycles. The number of nitrogens with zero attached hydrogens (tertiary/aromatic N) is 1. The first-order valence-electron chi connectivity index (χ1n) is 7.19. The monoisotopic (exact) mass is 284 g/mol. The lowest BCUT2D eigenvalue weighted by atomic mass is 10.1. The zero-order valence-electron chi connectivity index (χ0n) is 12.4. The van der Waals surface area contributed by atoms with Crippen molar-refractivity contribution in [3.05, 3.63) is 0 Å². The smallest absolute Gasteiger partial charge is 0.326 e. The number of rotatable bonds is 7. The van der Waals surface area contributed by atoms with Gasteiger partial charge in [0.15, 0.2) is 0 Å². The standard InChI is InChI=1S/C14H24N2O4/c1-4-5-6-11(14(19)20)15-13(18)10-7-12(17)16(8-10)9(2)3/h9-11H,4-8H2,1-3H3,(H,15,18)(H,19,20). The third-order valence-electron chi connectivity index (χ3n) is 3.61. The first-order valence-corrected chi connectivity index (χ1v) is 7.19. The topological polar surface area (TPSA) is 86.7 Å². The van der Waals surface area contributed by atoms with Crippen LogP contribution in [0.2, 0.25) is 0 Å². The highest BCUT2D eigenvalue weighted by Crippen LogP contribution is 2.20. The van der Waals surface area contributed by atoms with Gasteiger partial charge in [0.1, 0.15) is 6.04 Å². The van der Waals surface area contributed by atoms with Gasteiger partial charge >= 0.3 is 5.97 Å². The van der Waals surface area contributed by atoms with Crippen LogP contribution in [-0.2, 0) is 14.4 Å². The van der Waals surface area contributed by atoms with Crippen molar-refractivity contribution in [2.75, 3.05) is 6.54 Å². The van der Waals surface area contributed by atoms with E-state index in [9.17, 15) is 14.4 Å². The third-order valence-corrected chi connectivity index (χ3v) is 3.61. The van der Waals surface area contributed by atoms with Crippen LogP contribution in [0.5, 0.6) is 0 Å². The molecule has 0 bridgehead atoms. The zero-order valence-corrected chi connectivity index (χ0v) is 12.4. The second-order valence-electron chi connectivity index (χ2n) is 5.58. The SMILES string of the molecule is CCCCC(NC(=O)C1CC(=O)N(C(C)C)C1)C(=O)O. The van der Waals surface area contributed by atoms with Crippen molar-refractivity contribution in [1.29, 1.82) is 0 Å². The van der Waals surface area contributed by atoms with Crippen LogP contribution in [-0.4, -0.2) is 46.4 Å². The average molecular weight is 284 g/mol. The molecule has 1 fully saturated rings. The minimum absolute atomic E-state index is 0.0411. The van der Waals surface area contributed by atoms with Crippen molar-refractivity contribution in [2.45, 2.75) is 58.5 Å². The van der Waals surface area contributed by atoms with E-state index in [0.717, 1.165) is 12.8 Å². The number of carboxylic acids is 1. The van der Waals surface area contributed by atoms with Crippen molar-refractivity contribution >= 4 is 17.8 Å². The van der Waals surface area contributed by atoms with Crippen molar-refractivity contribution < 1.29 is 19.5 Å². The van der Waals surface area contributed by atoms with E-state index in [2.05, 4.69) is 5.32 Å². The fourth-order valence-corrected chi connectivity index (χ4v) is 2.36. The van der Waals surface area contributed by atoms with Crippen LogP contribution < -0.4 is 5.32 Å². The van der Waals surface area contributed by atoms with Gasteiger partial charge in [0.2, 0.25) is 11.8 Å². The molecule has 2 N–H and O–H groups in total. The second-order valence-corrected chi connectivity index (χ2v) is 5.58. The lowest BCUT2D eigenvalue weighted by molar-refractivity contribution is -0.142. The number of aliphatic carboxylic acids is 1. The van der Waals surface area contributed by atoms with Crippen LogP contribution in [0, 0.1) is 5.92 Å². The van der Waals surface area contributed by atoms with E-state index in [0.29, 0.717) is 13.0 Å². The van der Waals surface area contributed by atoms with Gasteiger partial charge in [-0.25, -0.2) is 4.79 Å². The van der Waals surface area contributed by atoms with Gasteiger partial charge in [-0.1, -0.05) is 19.8 Å². The Morgan fingerprint density at radius 2 is 2.10 bits per heavy atom. The number of amides is 2. The summed E-state index contributed by atoms with van der Waals surface area (Å²) >= 11 is 0. The molecule has 0 aliphatic carbocycles. The van der Waals surface area contributed by atoms with Gasteiger partial charge in [0.25, 0.3) is 0 Å². The summed E-state index contributed by atoms with van der Waals surface area (Å²) in [5.41, 5.74) is 0. The van der Waals surface area contributed by atoms with Gasteiger partial charge < -0.3 is 15.3 Å². The molecule has 114 valence electrons. The highest BCUT2D eigenvalue weighted by Gasteiger charge is 2.36. The number of carbonyl (C=O) groups is 3. The van der Waals surface area contributed by atoms with Gasteiger partial charge in [0, 0.05) is 19.0 Å². The molecule has 2 unspecified atom stereocenters. The molecule has 0 aromatic carbocycles. The van der Waals surface area contributed by atoms with Gasteiger partial charge in [-0.15, -0.1) is 0 Å². The Hall–Kier alpha value is -1.59. The number of carboxylic acid groups (broad SMARTS) is 1. The molecular weight excluding hydrogens is 260 g/mol. The van der Waals surface area contributed by atoms with Crippen LogP contribution in [0.4, 0.5) is 0 Å².